The molecule has 90 valence electrons. The molecule has 2 aromatic heterocycles. The number of nitrogens with zero attached hydrogens (tertiary/aromatic N) is 2. The van der Waals surface area contributed by atoms with Gasteiger partial charge in [-0.3, -0.25) is 0 Å². The molecule has 0 radical (unpaired) electrons. The molecule has 2 aromatic rings. The van der Waals surface area contributed by atoms with Crippen molar-refractivity contribution in [3.63, 3.8) is 0 Å². The van der Waals surface area contributed by atoms with Gasteiger partial charge in [0.2, 0.25) is 5.71 Å². The van der Waals surface area contributed by atoms with Gasteiger partial charge in [0, 0.05) is 23.4 Å². The van der Waals surface area contributed by atoms with Gasteiger partial charge in [-0.1, -0.05) is 0 Å². The van der Waals surface area contributed by atoms with E-state index in [1.165, 1.54) is 17.4 Å². The summed E-state index contributed by atoms with van der Waals surface area (Å²) in [5, 5.41) is 1.20. The summed E-state index contributed by atoms with van der Waals surface area (Å²) >= 11 is 2.22. The molecule has 3 nitrogen and oxygen atoms in total. The van der Waals surface area contributed by atoms with Crippen LogP contribution in [0.4, 0.5) is 0 Å². The zero-order valence-electron chi connectivity index (χ0n) is 10.0. The smallest absolute Gasteiger partial charge is 0.227 e. The highest BCUT2D eigenvalue weighted by atomic mass is 127. The Morgan fingerprint density at radius 2 is 2.24 bits per heavy atom. The average Bonchev–Trinajstić information content (AvgIpc) is 2.64. The molecular weight excluding hydrogens is 327 g/mol. The van der Waals surface area contributed by atoms with Crippen LogP contribution in [-0.4, -0.2) is 30.0 Å². The van der Waals surface area contributed by atoms with Crippen LogP contribution >= 0.6 is 22.6 Å². The molecule has 0 aromatic carbocycles. The van der Waals surface area contributed by atoms with Crippen LogP contribution in [0.2, 0.25) is 0 Å². The Labute approximate surface area is 114 Å². The van der Waals surface area contributed by atoms with Crippen LogP contribution < -0.4 is 0 Å². The number of hydrogen-bond acceptors (Lipinski definition) is 3. The minimum atomic E-state index is 0.627. The Balaban J connectivity index is 2.09. The second kappa shape index (κ2) is 4.24. The van der Waals surface area contributed by atoms with Gasteiger partial charge < -0.3 is 9.32 Å². The normalized spacial score (nSPS) is 19.9. The van der Waals surface area contributed by atoms with Gasteiger partial charge in [0.1, 0.15) is 9.46 Å². The van der Waals surface area contributed by atoms with Gasteiger partial charge in [0.05, 0.1) is 0 Å². The molecule has 1 atom stereocenters. The van der Waals surface area contributed by atoms with E-state index in [2.05, 4.69) is 58.7 Å². The van der Waals surface area contributed by atoms with E-state index in [1.54, 1.807) is 0 Å². The number of furan rings is 1. The van der Waals surface area contributed by atoms with Gasteiger partial charge in [-0.05, 0) is 61.7 Å². The maximum absolute atomic E-state index is 5.86. The Kier molecular flexibility index (Phi) is 2.86. The predicted octanol–water partition coefficient (Wildman–Crippen LogP) is 2.85. The average molecular weight is 342 g/mol. The van der Waals surface area contributed by atoms with Crippen molar-refractivity contribution in [2.45, 2.75) is 25.3 Å². The van der Waals surface area contributed by atoms with Crippen molar-refractivity contribution >= 4 is 33.7 Å². The molecule has 1 aliphatic rings. The lowest BCUT2D eigenvalue weighted by atomic mass is 9.91. The maximum Gasteiger partial charge on any atom is 0.227 e. The highest BCUT2D eigenvalue weighted by Crippen LogP contribution is 2.32. The molecule has 0 N–H and O–H groups in total. The molecule has 1 unspecified atom stereocenters. The summed E-state index contributed by atoms with van der Waals surface area (Å²) in [4.78, 5) is 6.76. The van der Waals surface area contributed by atoms with Gasteiger partial charge in [-0.2, -0.15) is 0 Å². The lowest BCUT2D eigenvalue weighted by Crippen LogP contribution is -2.33. The monoisotopic (exact) mass is 342 g/mol. The second-order valence-corrected chi connectivity index (χ2v) is 5.96. The lowest BCUT2D eigenvalue weighted by Gasteiger charge is -2.27. The number of likely N-dealkylation sites (N-methyl/N-ethyl adjacent to an activating group) is 1. The first-order valence-electron chi connectivity index (χ1n) is 5.88. The fourth-order valence-electron chi connectivity index (χ4n) is 2.56. The third kappa shape index (κ3) is 1.97. The summed E-state index contributed by atoms with van der Waals surface area (Å²) in [5.74, 6) is 1.15. The quantitative estimate of drug-likeness (QED) is 0.590. The van der Waals surface area contributed by atoms with Crippen LogP contribution in [0.3, 0.4) is 0 Å². The Morgan fingerprint density at radius 3 is 3.00 bits per heavy atom. The van der Waals surface area contributed by atoms with Crippen LogP contribution in [-0.2, 0) is 12.8 Å². The van der Waals surface area contributed by atoms with E-state index in [9.17, 15) is 0 Å². The first kappa shape index (κ1) is 11.5. The Hall–Kier alpha value is -0.620. The maximum atomic E-state index is 5.86. The summed E-state index contributed by atoms with van der Waals surface area (Å²) < 4.78 is 6.86. The molecule has 2 heterocycles. The van der Waals surface area contributed by atoms with Gasteiger partial charge >= 0.3 is 0 Å². The van der Waals surface area contributed by atoms with Crippen molar-refractivity contribution in [2.75, 3.05) is 14.1 Å². The zero-order chi connectivity index (χ0) is 12.0. The topological polar surface area (TPSA) is 29.3 Å². The first-order valence-corrected chi connectivity index (χ1v) is 6.96. The van der Waals surface area contributed by atoms with Crippen LogP contribution in [0.25, 0.3) is 11.1 Å². The van der Waals surface area contributed by atoms with Crippen molar-refractivity contribution in [2.24, 2.45) is 0 Å². The zero-order valence-corrected chi connectivity index (χ0v) is 12.2. The highest BCUT2D eigenvalue weighted by molar-refractivity contribution is 14.1. The summed E-state index contributed by atoms with van der Waals surface area (Å²) in [5.41, 5.74) is 2.18. The minimum absolute atomic E-state index is 0.627. The van der Waals surface area contributed by atoms with Gasteiger partial charge in [-0.25, -0.2) is 4.98 Å². The fourth-order valence-corrected chi connectivity index (χ4v) is 2.95. The number of fused-ring (bicyclic) bond motifs is 3. The molecule has 0 spiro atoms. The lowest BCUT2D eigenvalue weighted by molar-refractivity contribution is 0.260. The molecule has 4 heteroatoms. The summed E-state index contributed by atoms with van der Waals surface area (Å²) in [7, 11) is 4.30. The van der Waals surface area contributed by atoms with E-state index in [-0.39, 0.29) is 0 Å². The van der Waals surface area contributed by atoms with Gasteiger partial charge in [0.25, 0.3) is 0 Å². The highest BCUT2D eigenvalue weighted by Gasteiger charge is 2.25. The summed E-state index contributed by atoms with van der Waals surface area (Å²) in [6, 6.07) is 4.82. The Morgan fingerprint density at radius 1 is 1.41 bits per heavy atom. The third-order valence-corrected chi connectivity index (χ3v) is 4.18. The van der Waals surface area contributed by atoms with E-state index in [0.717, 1.165) is 28.0 Å². The fraction of sp³-hybridized carbons (Fsp3) is 0.462. The molecule has 0 bridgehead atoms. The van der Waals surface area contributed by atoms with Crippen LogP contribution in [0.15, 0.2) is 16.5 Å². The van der Waals surface area contributed by atoms with E-state index < -0.39 is 0 Å². The first-order chi connectivity index (χ1) is 8.15. The van der Waals surface area contributed by atoms with Crippen molar-refractivity contribution < 1.29 is 4.42 Å². The minimum Gasteiger partial charge on any atom is -0.442 e. The molecule has 1 aliphatic carbocycles. The standard InChI is InChI=1S/C13H15IN2O/c1-16(2)8-3-5-11-10(7-8)9-4-6-12(14)15-13(9)17-11/h4,6,8H,3,5,7H2,1-2H3. The molecule has 0 aliphatic heterocycles. The van der Waals surface area contributed by atoms with E-state index >= 15 is 0 Å². The number of rotatable bonds is 1. The third-order valence-electron chi connectivity index (χ3n) is 3.58. The summed E-state index contributed by atoms with van der Waals surface area (Å²) in [6.07, 6.45) is 3.29. The van der Waals surface area contributed by atoms with Crippen molar-refractivity contribution in [1.82, 2.24) is 9.88 Å². The Bertz CT molecular complexity index is 562. The number of aryl methyl sites for hydroxylation is 1. The number of hydrogen-bond donors (Lipinski definition) is 0. The molecule has 17 heavy (non-hydrogen) atoms. The van der Waals surface area contributed by atoms with Crippen LogP contribution in [0.5, 0.6) is 0 Å². The van der Waals surface area contributed by atoms with Crippen LogP contribution in [0, 0.1) is 3.70 Å². The van der Waals surface area contributed by atoms with Gasteiger partial charge in [-0.15, -0.1) is 0 Å². The predicted molar refractivity (Wildman–Crippen MR) is 76.2 cm³/mol. The summed E-state index contributed by atoms with van der Waals surface area (Å²) in [6.45, 7) is 0. The molecule has 0 saturated carbocycles. The van der Waals surface area contributed by atoms with E-state index in [0.29, 0.717) is 6.04 Å². The molecular formula is C13H15IN2O. The van der Waals surface area contributed by atoms with E-state index in [4.69, 9.17) is 4.42 Å². The molecule has 0 saturated heterocycles. The van der Waals surface area contributed by atoms with E-state index in [1.807, 2.05) is 0 Å². The van der Waals surface area contributed by atoms with Crippen molar-refractivity contribution in [3.8, 4) is 0 Å². The van der Waals surface area contributed by atoms with Crippen molar-refractivity contribution in [3.05, 3.63) is 27.2 Å². The van der Waals surface area contributed by atoms with Crippen molar-refractivity contribution in [1.29, 1.82) is 0 Å². The second-order valence-electron chi connectivity index (χ2n) is 4.85. The number of aromatic nitrogens is 1. The molecule has 0 amide bonds. The SMILES string of the molecule is CN(C)C1CCc2oc3nc(I)ccc3c2C1. The number of halogens is 1. The van der Waals surface area contributed by atoms with Gasteiger partial charge in [0.15, 0.2) is 0 Å². The largest absolute Gasteiger partial charge is 0.442 e. The molecule has 3 rings (SSSR count). The van der Waals surface area contributed by atoms with Crippen LogP contribution in [0.1, 0.15) is 17.7 Å². The molecule has 0 fully saturated rings. The number of pyridine rings is 1.